The summed E-state index contributed by atoms with van der Waals surface area (Å²) in [5, 5.41) is 88.3. The molecule has 4 rings (SSSR count). The molecular formula is C40H48N2O20S2. The van der Waals surface area contributed by atoms with E-state index in [2.05, 4.69) is 22.7 Å². The summed E-state index contributed by atoms with van der Waals surface area (Å²) in [4.78, 5) is 106. The number of hydrogen-bond acceptors (Lipinski definition) is 21. The van der Waals surface area contributed by atoms with Crippen LogP contribution < -0.4 is 14.8 Å². The number of hydrogen-bond donors (Lipinski definition) is 10. The van der Waals surface area contributed by atoms with Gasteiger partial charge in [0.2, 0.25) is 17.1 Å². The van der Waals surface area contributed by atoms with Crippen LogP contribution in [0, 0.1) is 0 Å². The van der Waals surface area contributed by atoms with Crippen molar-refractivity contribution in [3.63, 3.8) is 0 Å². The Morgan fingerprint density at radius 2 is 1.05 bits per heavy atom. The number of amides is 1. The van der Waals surface area contributed by atoms with Crippen molar-refractivity contribution in [1.29, 1.82) is 0 Å². The van der Waals surface area contributed by atoms with Crippen LogP contribution in [0.15, 0.2) is 53.4 Å². The van der Waals surface area contributed by atoms with Crippen LogP contribution in [0.25, 0.3) is 0 Å². The molecule has 0 saturated carbocycles. The standard InChI is InChI=1S/C40H48N2O20S2/c1-17(43)29(51)31-35(53,19(3)45)39(56,22(6)48)36(54,20(4)46)33(60-31)38(32(30(52)18(2)44)61-34(63)37(55,21(5)47)40(38,57)23(7)49)62-27-13-9-26(10-14-27)42-64(58,59)28-15-11-25(12-16-28)41-24(8)50/h9-16,29-34,42,51-57,63H,1-8H3,(H,41,50)/t29?,30?,31-,32-,33-,34+,35-,36+,37+,38+,39+,40-/m1/s1. The van der Waals surface area contributed by atoms with Gasteiger partial charge < -0.3 is 55.3 Å². The van der Waals surface area contributed by atoms with Crippen molar-refractivity contribution in [2.75, 3.05) is 10.0 Å². The van der Waals surface area contributed by atoms with E-state index in [-0.39, 0.29) is 16.3 Å². The topological polar surface area (TPSA) is 364 Å². The van der Waals surface area contributed by atoms with Gasteiger partial charge in [-0.1, -0.05) is 0 Å². The van der Waals surface area contributed by atoms with E-state index in [0.29, 0.717) is 48.5 Å². The molecule has 350 valence electrons. The third-order valence-corrected chi connectivity index (χ3v) is 13.5. The van der Waals surface area contributed by atoms with Crippen molar-refractivity contribution in [1.82, 2.24) is 0 Å². The lowest BCUT2D eigenvalue weighted by Gasteiger charge is -2.67. The first-order valence-electron chi connectivity index (χ1n) is 18.9. The lowest BCUT2D eigenvalue weighted by atomic mass is 9.51. The number of carbonyl (C=O) groups excluding carboxylic acids is 8. The number of aliphatic hydroxyl groups is 7. The van der Waals surface area contributed by atoms with Crippen molar-refractivity contribution < 1.29 is 96.7 Å². The third kappa shape index (κ3) is 7.48. The van der Waals surface area contributed by atoms with Gasteiger partial charge in [0.05, 0.1) is 4.90 Å². The largest absolute Gasteiger partial charge is 0.478 e. The number of benzene rings is 2. The van der Waals surface area contributed by atoms with Gasteiger partial charge in [-0.25, -0.2) is 8.42 Å². The smallest absolute Gasteiger partial charge is 0.261 e. The van der Waals surface area contributed by atoms with E-state index in [9.17, 15) is 82.5 Å². The lowest BCUT2D eigenvalue weighted by molar-refractivity contribution is -0.395. The molecule has 22 nitrogen and oxygen atoms in total. The van der Waals surface area contributed by atoms with Crippen LogP contribution in [0.1, 0.15) is 55.4 Å². The van der Waals surface area contributed by atoms with Gasteiger partial charge in [0.1, 0.15) is 41.7 Å². The summed E-state index contributed by atoms with van der Waals surface area (Å²) in [7, 11) is -4.41. The van der Waals surface area contributed by atoms with Crippen LogP contribution in [-0.2, 0) is 57.9 Å². The number of carbonyl (C=O) groups is 8. The molecule has 2 heterocycles. The Balaban J connectivity index is 2.19. The predicted molar refractivity (Wildman–Crippen MR) is 219 cm³/mol. The second kappa shape index (κ2) is 17.5. The second-order valence-corrected chi connectivity index (χ2v) is 17.8. The highest BCUT2D eigenvalue weighted by molar-refractivity contribution is 7.92. The minimum Gasteiger partial charge on any atom is -0.478 e. The number of rotatable bonds is 16. The maximum absolute atomic E-state index is 14.3. The molecule has 0 aliphatic carbocycles. The van der Waals surface area contributed by atoms with Crippen molar-refractivity contribution in [2.24, 2.45) is 0 Å². The van der Waals surface area contributed by atoms with E-state index in [4.69, 9.17) is 14.2 Å². The maximum Gasteiger partial charge on any atom is 0.261 e. The molecule has 64 heavy (non-hydrogen) atoms. The first kappa shape index (κ1) is 51.8. The van der Waals surface area contributed by atoms with Crippen LogP contribution in [-0.4, -0.2) is 160 Å². The molecule has 24 heteroatoms. The fourth-order valence-electron chi connectivity index (χ4n) is 8.35. The number of Topliss-reactive ketones (excluding diaryl/α,β-unsaturated/α-hetero) is 7. The van der Waals surface area contributed by atoms with Gasteiger partial charge in [0.15, 0.2) is 62.9 Å². The fraction of sp³-hybridized carbons (Fsp3) is 0.500. The highest BCUT2D eigenvalue weighted by Gasteiger charge is 2.89. The highest BCUT2D eigenvalue weighted by Crippen LogP contribution is 2.59. The molecule has 0 aromatic heterocycles. The number of sulfonamides is 1. The summed E-state index contributed by atoms with van der Waals surface area (Å²) in [6.07, 6.45) is -15.0. The molecule has 0 radical (unpaired) electrons. The molecule has 12 atom stereocenters. The van der Waals surface area contributed by atoms with Crippen LogP contribution in [0.5, 0.6) is 5.75 Å². The fourth-order valence-corrected chi connectivity index (χ4v) is 9.91. The quantitative estimate of drug-likeness (QED) is 0.0777. The molecule has 2 aromatic rings. The first-order valence-corrected chi connectivity index (χ1v) is 20.9. The molecule has 2 saturated heterocycles. The summed E-state index contributed by atoms with van der Waals surface area (Å²) in [6, 6.07) is 8.49. The van der Waals surface area contributed by atoms with Crippen LogP contribution in [0.3, 0.4) is 0 Å². The van der Waals surface area contributed by atoms with Gasteiger partial charge in [-0.3, -0.25) is 43.1 Å². The number of ether oxygens (including phenoxy) is 3. The van der Waals surface area contributed by atoms with E-state index in [1.807, 2.05) is 0 Å². The zero-order valence-corrected chi connectivity index (χ0v) is 37.1. The van der Waals surface area contributed by atoms with Crippen molar-refractivity contribution in [3.8, 4) is 5.75 Å². The second-order valence-electron chi connectivity index (χ2n) is 15.7. The summed E-state index contributed by atoms with van der Waals surface area (Å²) in [6.45, 7) is 4.96. The zero-order valence-electron chi connectivity index (χ0n) is 35.4. The molecule has 2 aliphatic heterocycles. The molecular weight excluding hydrogens is 893 g/mol. The van der Waals surface area contributed by atoms with Gasteiger partial charge in [0, 0.05) is 18.3 Å². The Labute approximate surface area is 370 Å². The molecule has 0 spiro atoms. The minimum absolute atomic E-state index is 0.263. The number of ketones is 7. The van der Waals surface area contributed by atoms with Crippen LogP contribution in [0.2, 0.25) is 0 Å². The number of aliphatic hydroxyl groups excluding tert-OH is 2. The summed E-state index contributed by atoms with van der Waals surface area (Å²) in [5.41, 5.74) is -27.4. The SMILES string of the molecule is CC(=O)Nc1ccc(S(=O)(=O)Nc2ccc(O[C@]3([C@@H]4O[C@H](C(O)C(C)=O)[C@](O)(C(C)=O)[C@@](O)(C(C)=O)[C@]4(O)C(C)=O)[C@@H](C(O)C(C)=O)O[C@@H](S)[C@@](O)(C(C)=O)[C@]3(O)C(C)=O)cc2)cc1. The predicted octanol–water partition coefficient (Wildman–Crippen LogP) is -2.51. The molecule has 9 N–H and O–H groups in total. The third-order valence-electron chi connectivity index (χ3n) is 11.7. The number of nitrogens with one attached hydrogen (secondary N) is 2. The van der Waals surface area contributed by atoms with Crippen LogP contribution >= 0.6 is 12.6 Å². The lowest BCUT2D eigenvalue weighted by Crippen LogP contribution is -2.96. The number of thiol groups is 1. The molecule has 2 aliphatic rings. The maximum atomic E-state index is 14.3. The molecule has 2 unspecified atom stereocenters. The van der Waals surface area contributed by atoms with Crippen LogP contribution in [0.4, 0.5) is 11.4 Å². The van der Waals surface area contributed by atoms with Gasteiger partial charge >= 0.3 is 0 Å². The number of anilines is 2. The van der Waals surface area contributed by atoms with Gasteiger partial charge in [-0.05, 0) is 97.0 Å². The average Bonchev–Trinajstić information content (AvgIpc) is 3.19. The van der Waals surface area contributed by atoms with E-state index in [1.54, 1.807) is 0 Å². The van der Waals surface area contributed by atoms with Crippen molar-refractivity contribution >= 4 is 80.4 Å². The molecule has 2 aromatic carbocycles. The van der Waals surface area contributed by atoms with E-state index >= 15 is 0 Å². The molecule has 2 fully saturated rings. The Hall–Kier alpha value is -4.86. The first-order chi connectivity index (χ1) is 29.2. The Morgan fingerprint density at radius 1 is 0.609 bits per heavy atom. The molecule has 1 amide bonds. The average molecular weight is 941 g/mol. The van der Waals surface area contributed by atoms with E-state index in [0.717, 1.165) is 36.4 Å². The van der Waals surface area contributed by atoms with Gasteiger partial charge in [-0.2, -0.15) is 0 Å². The van der Waals surface area contributed by atoms with Gasteiger partial charge in [-0.15, -0.1) is 12.6 Å². The molecule has 0 bridgehead atoms. The van der Waals surface area contributed by atoms with E-state index in [1.165, 1.54) is 19.1 Å². The zero-order chi connectivity index (χ0) is 49.1. The van der Waals surface area contributed by atoms with E-state index < -0.39 is 132 Å². The monoisotopic (exact) mass is 940 g/mol. The van der Waals surface area contributed by atoms with Crippen molar-refractivity contribution in [3.05, 3.63) is 48.5 Å². The summed E-state index contributed by atoms with van der Waals surface area (Å²) >= 11 is 4.06. The Kier molecular flexibility index (Phi) is 14.2. The van der Waals surface area contributed by atoms with Gasteiger partial charge in [0.25, 0.3) is 10.0 Å². The summed E-state index contributed by atoms with van der Waals surface area (Å²) < 4.78 is 46.7. The Bertz CT molecular complexity index is 2400. The Morgan fingerprint density at radius 3 is 1.45 bits per heavy atom. The highest BCUT2D eigenvalue weighted by atomic mass is 32.2. The summed E-state index contributed by atoms with van der Waals surface area (Å²) in [5.74, 6) is -12.9. The van der Waals surface area contributed by atoms with Crippen molar-refractivity contribution in [2.45, 2.75) is 130 Å². The minimum atomic E-state index is -4.41. The normalized spacial score (nSPS) is 33.8.